The summed E-state index contributed by atoms with van der Waals surface area (Å²) >= 11 is 0. The van der Waals surface area contributed by atoms with Crippen LogP contribution >= 0.6 is 0 Å². The largest absolute Gasteiger partial charge is 0.455 e. The number of aliphatic hydroxyl groups is 2. The lowest BCUT2D eigenvalue weighted by Gasteiger charge is -2.41. The number of fused-ring (bicyclic) bond motifs is 3. The van der Waals surface area contributed by atoms with Crippen molar-refractivity contribution in [1.82, 2.24) is 0 Å². The Morgan fingerprint density at radius 1 is 1.26 bits per heavy atom. The van der Waals surface area contributed by atoms with E-state index >= 15 is 0 Å². The molecule has 3 aliphatic rings. The van der Waals surface area contributed by atoms with Crippen LogP contribution in [0.15, 0.2) is 23.8 Å². The first-order valence-electron chi connectivity index (χ1n) is 11.8. The first-order valence-corrected chi connectivity index (χ1v) is 11.8. The predicted octanol–water partition coefficient (Wildman–Crippen LogP) is 2.19. The van der Waals surface area contributed by atoms with Gasteiger partial charge in [0.15, 0.2) is 18.3 Å². The molecule has 2 N–H and O–H groups in total. The molecule has 9 heteroatoms. The normalized spacial score (nSPS) is 40.2. The van der Waals surface area contributed by atoms with E-state index in [4.69, 9.17) is 18.9 Å². The number of rotatable bonds is 5. The molecule has 9 nitrogen and oxygen atoms in total. The molecule has 3 heterocycles. The zero-order chi connectivity index (χ0) is 25.6. The second kappa shape index (κ2) is 9.43. The first kappa shape index (κ1) is 26.4. The highest BCUT2D eigenvalue weighted by Crippen LogP contribution is 2.50. The van der Waals surface area contributed by atoms with E-state index in [0.29, 0.717) is 12.0 Å². The van der Waals surface area contributed by atoms with Crippen LogP contribution < -0.4 is 0 Å². The van der Waals surface area contributed by atoms with Crippen molar-refractivity contribution in [2.75, 3.05) is 0 Å². The number of carbonyl (C=O) groups is 3. The van der Waals surface area contributed by atoms with Crippen LogP contribution in [0.3, 0.4) is 0 Å². The molecule has 8 atom stereocenters. The summed E-state index contributed by atoms with van der Waals surface area (Å²) in [5.74, 6) is -5.64. The Balaban J connectivity index is 2.13. The minimum atomic E-state index is -1.97. The van der Waals surface area contributed by atoms with Gasteiger partial charge in [0.05, 0.1) is 12.0 Å². The minimum absolute atomic E-state index is 0.00107. The highest BCUT2D eigenvalue weighted by molar-refractivity contribution is 5.92. The maximum Gasteiger partial charge on any atom is 0.334 e. The van der Waals surface area contributed by atoms with Crippen LogP contribution in [0.5, 0.6) is 0 Å². The molecule has 190 valence electrons. The van der Waals surface area contributed by atoms with Crippen LogP contribution in [-0.2, 0) is 33.3 Å². The molecule has 0 spiro atoms. The summed E-state index contributed by atoms with van der Waals surface area (Å²) in [5.41, 5.74) is -1.44. The van der Waals surface area contributed by atoms with Gasteiger partial charge in [-0.2, -0.15) is 0 Å². The molecule has 3 saturated heterocycles. The Labute approximate surface area is 200 Å². The molecule has 0 aromatic carbocycles. The molecular weight excluding hydrogens is 444 g/mol. The molecule has 34 heavy (non-hydrogen) atoms. The zero-order valence-electron chi connectivity index (χ0n) is 20.7. The van der Waals surface area contributed by atoms with Crippen LogP contribution in [0, 0.1) is 17.8 Å². The lowest BCUT2D eigenvalue weighted by Crippen LogP contribution is -2.58. The van der Waals surface area contributed by atoms with E-state index in [0.717, 1.165) is 0 Å². The van der Waals surface area contributed by atoms with E-state index in [1.807, 2.05) is 13.8 Å². The lowest BCUT2D eigenvalue weighted by molar-refractivity contribution is -0.277. The standard InChI is InChI=1S/C25H36O9/c1-8-13(4)22(27)33-20-18-15(6)23(28)32-19(18)21(31-17(26)9-12(2)3)24(7,29)11-16-10-14(5)25(20,30)34-16/h8,12,14,16,18-21,29-30H,6,9-11H2,1-5,7H3/b13-8-/t14-,16+,18+,19+,20-,21-,24+,25-/m0/s1. The molecule has 0 saturated carbocycles. The summed E-state index contributed by atoms with van der Waals surface area (Å²) in [6, 6.07) is 0. The second-order valence-corrected chi connectivity index (χ2v) is 10.4. The second-order valence-electron chi connectivity index (χ2n) is 10.4. The van der Waals surface area contributed by atoms with Gasteiger partial charge in [-0.3, -0.25) is 4.79 Å². The number of esters is 3. The Kier molecular flexibility index (Phi) is 7.32. The van der Waals surface area contributed by atoms with E-state index in [-0.39, 0.29) is 24.3 Å². The van der Waals surface area contributed by atoms with Gasteiger partial charge in [-0.25, -0.2) is 9.59 Å². The van der Waals surface area contributed by atoms with Crippen LogP contribution in [0.4, 0.5) is 0 Å². The van der Waals surface area contributed by atoms with Crippen molar-refractivity contribution in [3.63, 3.8) is 0 Å². The fraction of sp³-hybridized carbons (Fsp3) is 0.720. The van der Waals surface area contributed by atoms with Crippen molar-refractivity contribution in [3.05, 3.63) is 23.8 Å². The van der Waals surface area contributed by atoms with Crippen LogP contribution in [0.2, 0.25) is 0 Å². The first-order chi connectivity index (χ1) is 15.7. The van der Waals surface area contributed by atoms with Crippen LogP contribution in [0.1, 0.15) is 60.8 Å². The molecule has 3 rings (SSSR count). The van der Waals surface area contributed by atoms with Crippen molar-refractivity contribution in [2.45, 2.75) is 96.6 Å². The monoisotopic (exact) mass is 480 g/mol. The van der Waals surface area contributed by atoms with Crippen molar-refractivity contribution < 1.29 is 43.5 Å². The van der Waals surface area contributed by atoms with Crippen LogP contribution in [-0.4, -0.2) is 63.9 Å². The smallest absolute Gasteiger partial charge is 0.334 e. The highest BCUT2D eigenvalue weighted by Gasteiger charge is 2.65. The fourth-order valence-electron chi connectivity index (χ4n) is 5.07. The van der Waals surface area contributed by atoms with E-state index in [1.54, 1.807) is 26.8 Å². The number of hydrogen-bond donors (Lipinski definition) is 2. The van der Waals surface area contributed by atoms with Crippen LogP contribution in [0.25, 0.3) is 0 Å². The molecular formula is C25H36O9. The molecule has 0 amide bonds. The quantitative estimate of drug-likeness (QED) is 0.346. The minimum Gasteiger partial charge on any atom is -0.455 e. The van der Waals surface area contributed by atoms with Gasteiger partial charge >= 0.3 is 17.9 Å². The third kappa shape index (κ3) is 4.78. The summed E-state index contributed by atoms with van der Waals surface area (Å²) < 4.78 is 23.0. The molecule has 3 fully saturated rings. The summed E-state index contributed by atoms with van der Waals surface area (Å²) in [6.45, 7) is 14.0. The molecule has 3 aliphatic heterocycles. The highest BCUT2D eigenvalue weighted by atomic mass is 16.7. The van der Waals surface area contributed by atoms with Gasteiger partial charge in [0.25, 0.3) is 0 Å². The third-order valence-electron chi connectivity index (χ3n) is 7.05. The van der Waals surface area contributed by atoms with Crippen molar-refractivity contribution in [1.29, 1.82) is 0 Å². The summed E-state index contributed by atoms with van der Waals surface area (Å²) in [7, 11) is 0. The van der Waals surface area contributed by atoms with Gasteiger partial charge in [0.1, 0.15) is 5.60 Å². The van der Waals surface area contributed by atoms with Gasteiger partial charge in [-0.15, -0.1) is 0 Å². The van der Waals surface area contributed by atoms with E-state index < -0.39 is 65.5 Å². The summed E-state index contributed by atoms with van der Waals surface area (Å²) in [5, 5.41) is 23.2. The van der Waals surface area contributed by atoms with E-state index in [9.17, 15) is 24.6 Å². The topological polar surface area (TPSA) is 129 Å². The summed E-state index contributed by atoms with van der Waals surface area (Å²) in [6.07, 6.45) is -2.53. The number of hydrogen-bond acceptors (Lipinski definition) is 9. The van der Waals surface area contributed by atoms with E-state index in [2.05, 4.69) is 6.58 Å². The molecule has 0 aliphatic carbocycles. The fourth-order valence-corrected chi connectivity index (χ4v) is 5.07. The van der Waals surface area contributed by atoms with Crippen molar-refractivity contribution in [3.8, 4) is 0 Å². The third-order valence-corrected chi connectivity index (χ3v) is 7.05. The van der Waals surface area contributed by atoms with Gasteiger partial charge in [0.2, 0.25) is 5.79 Å². The maximum absolute atomic E-state index is 12.8. The average Bonchev–Trinajstić information content (AvgIpc) is 3.17. The number of carbonyl (C=O) groups excluding carboxylic acids is 3. The van der Waals surface area contributed by atoms with Gasteiger partial charge < -0.3 is 29.2 Å². The van der Waals surface area contributed by atoms with Gasteiger partial charge in [-0.05, 0) is 33.1 Å². The average molecular weight is 481 g/mol. The lowest BCUT2D eigenvalue weighted by atomic mass is 9.75. The van der Waals surface area contributed by atoms with Crippen molar-refractivity contribution >= 4 is 17.9 Å². The summed E-state index contributed by atoms with van der Waals surface area (Å²) in [4.78, 5) is 38.1. The maximum atomic E-state index is 12.8. The van der Waals surface area contributed by atoms with Gasteiger partial charge in [0, 0.05) is 29.9 Å². The number of allylic oxidation sites excluding steroid dienone is 1. The van der Waals surface area contributed by atoms with Gasteiger partial charge in [-0.1, -0.05) is 33.4 Å². The molecule has 0 aromatic rings. The zero-order valence-corrected chi connectivity index (χ0v) is 20.7. The Morgan fingerprint density at radius 2 is 1.91 bits per heavy atom. The predicted molar refractivity (Wildman–Crippen MR) is 120 cm³/mol. The van der Waals surface area contributed by atoms with Crippen molar-refractivity contribution in [2.24, 2.45) is 17.8 Å². The molecule has 0 aromatic heterocycles. The Hall–Kier alpha value is -2.23. The number of ether oxygens (including phenoxy) is 4. The Bertz CT molecular complexity index is 889. The molecule has 0 unspecified atom stereocenters. The van der Waals surface area contributed by atoms with E-state index in [1.165, 1.54) is 6.92 Å². The SMILES string of the molecule is C=C1C(=O)O[C@@H]2[C@@H]1[C@H](OC(=O)/C(C)=C\C)[C@@]1(O)O[C@H](C[C@@H]1C)C[C@@](C)(O)[C@H]2OC(=O)CC(C)C. The molecule has 2 bridgehead atoms. The molecule has 0 radical (unpaired) electrons. The Morgan fingerprint density at radius 3 is 2.50 bits per heavy atom.